The van der Waals surface area contributed by atoms with Gasteiger partial charge in [-0.15, -0.1) is 0 Å². The molecule has 2 N–H and O–H groups in total. The van der Waals surface area contributed by atoms with Crippen molar-refractivity contribution in [2.45, 2.75) is 16.3 Å². The number of carbonyl (C=O) groups is 1. The molecule has 1 radical (unpaired) electrons. The van der Waals surface area contributed by atoms with E-state index in [1.807, 2.05) is 24.3 Å². The molecule has 1 amide bonds. The number of halogens is 1. The van der Waals surface area contributed by atoms with E-state index >= 15 is 0 Å². The molecule has 5 heteroatoms. The van der Waals surface area contributed by atoms with Crippen molar-refractivity contribution in [3.63, 3.8) is 0 Å². The van der Waals surface area contributed by atoms with Gasteiger partial charge in [0.15, 0.2) is 0 Å². The standard InChI is InChI=1S/C14H14AsClNOS/c16-12-6-2-1-5-11(12)13(14(17)18)15-8-7-10-4-3-9-19-10/h1-6,9,13H,7-8H2,(H2,17,18). The molecule has 0 fully saturated rings. The average molecular weight is 355 g/mol. The fourth-order valence-corrected chi connectivity index (χ4v) is 5.83. The molecular formula is C14H14AsClNOS. The first kappa shape index (κ1) is 14.6. The molecule has 99 valence electrons. The summed E-state index contributed by atoms with van der Waals surface area (Å²) >= 11 is 7.73. The van der Waals surface area contributed by atoms with Crippen molar-refractivity contribution >= 4 is 44.6 Å². The Hall–Kier alpha value is -0.762. The monoisotopic (exact) mass is 354 g/mol. The molecule has 0 aliphatic heterocycles. The fourth-order valence-electron chi connectivity index (χ4n) is 1.80. The maximum atomic E-state index is 11.6. The molecule has 0 spiro atoms. The molecule has 2 aromatic rings. The number of nitrogens with two attached hydrogens (primary N) is 1. The van der Waals surface area contributed by atoms with Crippen LogP contribution in [0.4, 0.5) is 0 Å². The first-order valence-corrected chi connectivity index (χ1v) is 9.58. The van der Waals surface area contributed by atoms with E-state index in [0.29, 0.717) is 5.02 Å². The van der Waals surface area contributed by atoms with E-state index in [9.17, 15) is 4.79 Å². The van der Waals surface area contributed by atoms with Gasteiger partial charge >= 0.3 is 129 Å². The summed E-state index contributed by atoms with van der Waals surface area (Å²) in [7, 11) is 0. The van der Waals surface area contributed by atoms with Crippen molar-refractivity contribution in [3.8, 4) is 0 Å². The summed E-state index contributed by atoms with van der Waals surface area (Å²) in [4.78, 5) is 13.0. The molecule has 0 saturated carbocycles. The van der Waals surface area contributed by atoms with Gasteiger partial charge in [0.05, 0.1) is 0 Å². The number of rotatable bonds is 6. The van der Waals surface area contributed by atoms with Crippen LogP contribution in [-0.4, -0.2) is 21.7 Å². The molecule has 1 aromatic heterocycles. The third kappa shape index (κ3) is 4.10. The number of amides is 1. The van der Waals surface area contributed by atoms with Crippen LogP contribution in [0.25, 0.3) is 0 Å². The number of aryl methyl sites for hydroxylation is 1. The van der Waals surface area contributed by atoms with Crippen molar-refractivity contribution in [1.29, 1.82) is 0 Å². The Kier molecular flexibility index (Phi) is 5.50. The van der Waals surface area contributed by atoms with Gasteiger partial charge in [0.1, 0.15) is 0 Å². The number of carbonyl (C=O) groups excluding carboxylic acids is 1. The van der Waals surface area contributed by atoms with Gasteiger partial charge in [-0.2, -0.15) is 0 Å². The Morgan fingerprint density at radius 1 is 1.32 bits per heavy atom. The van der Waals surface area contributed by atoms with Crippen LogP contribution in [0.1, 0.15) is 15.1 Å². The minimum atomic E-state index is -0.265. The Labute approximate surface area is 128 Å². The van der Waals surface area contributed by atoms with Gasteiger partial charge in [-0.3, -0.25) is 0 Å². The fraction of sp³-hybridized carbons (Fsp3) is 0.214. The summed E-state index contributed by atoms with van der Waals surface area (Å²) in [5.41, 5.74) is 6.40. The molecule has 1 aromatic carbocycles. The van der Waals surface area contributed by atoms with Gasteiger partial charge in [0.2, 0.25) is 0 Å². The van der Waals surface area contributed by atoms with Crippen LogP contribution in [0, 0.1) is 0 Å². The summed E-state index contributed by atoms with van der Waals surface area (Å²) in [5, 5.41) is 3.74. The van der Waals surface area contributed by atoms with Crippen LogP contribution in [-0.2, 0) is 11.2 Å². The van der Waals surface area contributed by atoms with Crippen molar-refractivity contribution in [2.24, 2.45) is 5.73 Å². The molecule has 1 unspecified atom stereocenters. The molecule has 1 atom stereocenters. The van der Waals surface area contributed by atoms with Crippen molar-refractivity contribution in [1.82, 2.24) is 0 Å². The number of primary amides is 1. The topological polar surface area (TPSA) is 43.1 Å². The summed E-state index contributed by atoms with van der Waals surface area (Å²) in [6.07, 6.45) is 1.02. The second-order valence-corrected chi connectivity index (χ2v) is 8.29. The van der Waals surface area contributed by atoms with E-state index < -0.39 is 0 Å². The van der Waals surface area contributed by atoms with Crippen LogP contribution in [0.2, 0.25) is 10.2 Å². The Bertz CT molecular complexity index is 544. The zero-order valence-electron chi connectivity index (χ0n) is 10.3. The maximum absolute atomic E-state index is 11.6. The summed E-state index contributed by atoms with van der Waals surface area (Å²) in [5.74, 6) is -0.265. The number of benzene rings is 1. The van der Waals surface area contributed by atoms with Gasteiger partial charge in [0, 0.05) is 0 Å². The van der Waals surface area contributed by atoms with Gasteiger partial charge in [-0.1, -0.05) is 0 Å². The predicted molar refractivity (Wildman–Crippen MR) is 82.0 cm³/mol. The Morgan fingerprint density at radius 3 is 2.74 bits per heavy atom. The average Bonchev–Trinajstić information content (AvgIpc) is 2.89. The molecule has 1 heterocycles. The van der Waals surface area contributed by atoms with E-state index in [-0.39, 0.29) is 26.4 Å². The van der Waals surface area contributed by atoms with Crippen molar-refractivity contribution < 1.29 is 4.79 Å². The Morgan fingerprint density at radius 2 is 2.11 bits per heavy atom. The van der Waals surface area contributed by atoms with Gasteiger partial charge in [0.25, 0.3) is 0 Å². The second kappa shape index (κ2) is 7.14. The van der Waals surface area contributed by atoms with Crippen LogP contribution in [0.5, 0.6) is 0 Å². The molecule has 0 saturated heterocycles. The minimum absolute atomic E-state index is 0.178. The summed E-state index contributed by atoms with van der Waals surface area (Å²) < 4.78 is -0.204. The number of hydrogen-bond acceptors (Lipinski definition) is 2. The zero-order valence-corrected chi connectivity index (χ0v) is 13.7. The molecule has 0 aliphatic rings. The van der Waals surface area contributed by atoms with E-state index in [2.05, 4.69) is 17.5 Å². The van der Waals surface area contributed by atoms with Gasteiger partial charge in [-0.05, 0) is 0 Å². The molecule has 0 aliphatic carbocycles. The Balaban J connectivity index is 2.01. The van der Waals surface area contributed by atoms with Crippen LogP contribution in [0.3, 0.4) is 0 Å². The molecule has 2 rings (SSSR count). The number of hydrogen-bond donors (Lipinski definition) is 1. The van der Waals surface area contributed by atoms with Crippen LogP contribution >= 0.6 is 22.9 Å². The molecular weight excluding hydrogens is 341 g/mol. The number of thiophene rings is 1. The summed E-state index contributed by atoms with van der Waals surface area (Å²) in [6, 6.07) is 11.7. The van der Waals surface area contributed by atoms with E-state index in [0.717, 1.165) is 17.2 Å². The first-order valence-electron chi connectivity index (χ1n) is 5.91. The normalized spacial score (nSPS) is 12.9. The van der Waals surface area contributed by atoms with E-state index in [1.165, 1.54) is 4.88 Å². The SMILES string of the molecule is NC(=O)C([As]CCc1cccs1)c1ccccc1Cl. The molecule has 2 nitrogen and oxygen atoms in total. The molecule has 19 heavy (non-hydrogen) atoms. The third-order valence-electron chi connectivity index (χ3n) is 2.72. The van der Waals surface area contributed by atoms with Gasteiger partial charge in [-0.25, -0.2) is 0 Å². The third-order valence-corrected chi connectivity index (χ3v) is 6.89. The van der Waals surface area contributed by atoms with Crippen molar-refractivity contribution in [2.75, 3.05) is 0 Å². The quantitative estimate of drug-likeness (QED) is 0.795. The van der Waals surface area contributed by atoms with Gasteiger partial charge < -0.3 is 0 Å². The summed E-state index contributed by atoms with van der Waals surface area (Å²) in [6.45, 7) is 0. The van der Waals surface area contributed by atoms with Crippen LogP contribution in [0.15, 0.2) is 41.8 Å². The molecule has 0 bridgehead atoms. The van der Waals surface area contributed by atoms with Crippen molar-refractivity contribution in [3.05, 3.63) is 57.2 Å². The zero-order chi connectivity index (χ0) is 13.7. The predicted octanol–water partition coefficient (Wildman–Crippen LogP) is 3.29. The second-order valence-electron chi connectivity index (χ2n) is 4.06. The van der Waals surface area contributed by atoms with E-state index in [4.69, 9.17) is 17.3 Å². The van der Waals surface area contributed by atoms with Crippen LogP contribution < -0.4 is 5.73 Å². The van der Waals surface area contributed by atoms with E-state index in [1.54, 1.807) is 11.3 Å². The first-order chi connectivity index (χ1) is 9.18.